The Morgan fingerprint density at radius 1 is 0.985 bits per heavy atom. The Bertz CT molecular complexity index is 1920. The molecule has 1 saturated carbocycles. The van der Waals surface area contributed by atoms with Crippen LogP contribution in [-0.4, -0.2) is 154 Å². The maximum absolute atomic E-state index is 14.8. The molecule has 1 aromatic rings. The maximum atomic E-state index is 14.8. The summed E-state index contributed by atoms with van der Waals surface area (Å²) in [7, 11) is 3.01. The van der Waals surface area contributed by atoms with Gasteiger partial charge in [0.1, 0.15) is 42.4 Å². The maximum Gasteiger partial charge on any atom is 0.426 e. The van der Waals surface area contributed by atoms with Crippen LogP contribution >= 0.6 is 11.6 Å². The van der Waals surface area contributed by atoms with Crippen LogP contribution in [-0.2, 0) is 40.0 Å². The zero-order valence-electron chi connectivity index (χ0n) is 38.6. The van der Waals surface area contributed by atoms with Crippen molar-refractivity contribution >= 4 is 53.0 Å². The number of benzene rings is 1. The first-order valence-electron chi connectivity index (χ1n) is 22.5. The van der Waals surface area contributed by atoms with Crippen molar-refractivity contribution in [2.45, 2.75) is 160 Å². The third-order valence-corrected chi connectivity index (χ3v) is 13.2. The zero-order chi connectivity index (χ0) is 48.7. The standard InChI is InChI=1S/C45H66ClF4N7O8/c1-9-56(42(63)33(20-28-13-12-14-28)53-39(60)36-23-31(47)24-57(36)43(64)44(6,65)45(48,49)50)34-15-10-11-18-54(7)40(61)27(5)51-38(59)35(22-29-21-30(46)17-16-26(29)4)55(8)41(62)32(19-25(2)3)52-37(34)58/h16-17,21,25,27-28,31-36,65H,9-15,18-20,22-24H2,1-8H3,(H,51,59)(H,52,58)(H,53,60)/t27-,31-,32+,33+,34+,35+,36+,44-/m1/s1. The first-order valence-corrected chi connectivity index (χ1v) is 22.9. The van der Waals surface area contributed by atoms with E-state index in [4.69, 9.17) is 11.6 Å². The lowest BCUT2D eigenvalue weighted by Gasteiger charge is -2.38. The molecule has 3 fully saturated rings. The molecule has 364 valence electrons. The van der Waals surface area contributed by atoms with Crippen LogP contribution in [0.15, 0.2) is 18.2 Å². The lowest BCUT2D eigenvalue weighted by Crippen LogP contribution is -2.62. The van der Waals surface area contributed by atoms with Gasteiger partial charge in [-0.05, 0) is 94.9 Å². The lowest BCUT2D eigenvalue weighted by atomic mass is 9.80. The Balaban J connectivity index is 1.71. The minimum Gasteiger partial charge on any atom is -0.373 e. The minimum atomic E-state index is -5.43. The Labute approximate surface area is 383 Å². The van der Waals surface area contributed by atoms with Crippen molar-refractivity contribution in [2.75, 3.05) is 33.7 Å². The van der Waals surface area contributed by atoms with Gasteiger partial charge in [0.05, 0.1) is 6.54 Å². The number of likely N-dealkylation sites (N-methyl/N-ethyl adjacent to an activating group) is 3. The Kier molecular flexibility index (Phi) is 18.2. The lowest BCUT2D eigenvalue weighted by molar-refractivity contribution is -0.250. The number of likely N-dealkylation sites (tertiary alicyclic amines) is 1. The summed E-state index contributed by atoms with van der Waals surface area (Å²) in [6, 6.07) is -2.49. The predicted molar refractivity (Wildman–Crippen MR) is 234 cm³/mol. The highest BCUT2D eigenvalue weighted by Crippen LogP contribution is 2.35. The van der Waals surface area contributed by atoms with Gasteiger partial charge < -0.3 is 40.7 Å². The van der Waals surface area contributed by atoms with Gasteiger partial charge in [0.15, 0.2) is 0 Å². The van der Waals surface area contributed by atoms with Crippen LogP contribution in [0.3, 0.4) is 0 Å². The second-order valence-corrected chi connectivity index (χ2v) is 19.0. The molecular weight excluding hydrogens is 878 g/mol. The van der Waals surface area contributed by atoms with Crippen molar-refractivity contribution in [2.24, 2.45) is 11.8 Å². The van der Waals surface area contributed by atoms with Gasteiger partial charge in [0, 0.05) is 45.0 Å². The summed E-state index contributed by atoms with van der Waals surface area (Å²) >= 11 is 6.33. The average Bonchev–Trinajstić information content (AvgIpc) is 3.61. The number of carbonyl (C=O) groups excluding carboxylic acids is 7. The molecule has 2 heterocycles. The third kappa shape index (κ3) is 13.1. The van der Waals surface area contributed by atoms with E-state index in [1.165, 1.54) is 21.7 Å². The number of nitrogens with zero attached hydrogens (tertiary/aromatic N) is 4. The monoisotopic (exact) mass is 943 g/mol. The van der Waals surface area contributed by atoms with Gasteiger partial charge in [-0.25, -0.2) is 4.39 Å². The van der Waals surface area contributed by atoms with E-state index < -0.39 is 109 Å². The number of halogens is 5. The summed E-state index contributed by atoms with van der Waals surface area (Å²) in [5, 5.41) is 18.8. The van der Waals surface area contributed by atoms with Gasteiger partial charge in [0.25, 0.3) is 5.91 Å². The van der Waals surface area contributed by atoms with E-state index in [1.807, 2.05) is 20.8 Å². The van der Waals surface area contributed by atoms with E-state index in [0.29, 0.717) is 41.2 Å². The normalized spacial score (nSPS) is 26.0. The summed E-state index contributed by atoms with van der Waals surface area (Å²) in [5.41, 5.74) is -2.43. The molecule has 2 aliphatic heterocycles. The molecule has 4 N–H and O–H groups in total. The molecule has 3 aliphatic rings. The van der Waals surface area contributed by atoms with Gasteiger partial charge in [-0.3, -0.25) is 33.6 Å². The van der Waals surface area contributed by atoms with E-state index in [1.54, 1.807) is 39.1 Å². The second-order valence-electron chi connectivity index (χ2n) is 18.5. The number of aliphatic hydroxyl groups is 1. The molecule has 0 spiro atoms. The molecule has 1 aromatic carbocycles. The molecule has 15 nitrogen and oxygen atoms in total. The molecule has 4 rings (SSSR count). The quantitative estimate of drug-likeness (QED) is 0.228. The zero-order valence-corrected chi connectivity index (χ0v) is 39.4. The molecule has 0 radical (unpaired) electrons. The van der Waals surface area contributed by atoms with E-state index in [2.05, 4.69) is 16.0 Å². The molecule has 2 saturated heterocycles. The highest BCUT2D eigenvalue weighted by atomic mass is 35.5. The van der Waals surface area contributed by atoms with Crippen LogP contribution in [0.1, 0.15) is 104 Å². The summed E-state index contributed by atoms with van der Waals surface area (Å²) < 4.78 is 55.9. The second kappa shape index (κ2) is 22.3. The number of hydrogen-bond acceptors (Lipinski definition) is 8. The van der Waals surface area contributed by atoms with Crippen LogP contribution in [0, 0.1) is 18.8 Å². The van der Waals surface area contributed by atoms with Crippen molar-refractivity contribution in [3.8, 4) is 0 Å². The predicted octanol–water partition coefficient (Wildman–Crippen LogP) is 3.84. The molecule has 7 amide bonds. The fourth-order valence-corrected chi connectivity index (χ4v) is 8.90. The van der Waals surface area contributed by atoms with Crippen molar-refractivity contribution in [1.82, 2.24) is 35.6 Å². The fourth-order valence-electron chi connectivity index (χ4n) is 8.70. The molecule has 65 heavy (non-hydrogen) atoms. The number of aryl methyl sites for hydroxylation is 1. The van der Waals surface area contributed by atoms with E-state index in [0.717, 1.165) is 12.0 Å². The molecular formula is C45H66ClF4N7O8. The van der Waals surface area contributed by atoms with Crippen LogP contribution in [0.5, 0.6) is 0 Å². The van der Waals surface area contributed by atoms with Gasteiger partial charge in [-0.1, -0.05) is 50.8 Å². The van der Waals surface area contributed by atoms with Crippen LogP contribution in [0.4, 0.5) is 17.6 Å². The first kappa shape index (κ1) is 53.1. The molecule has 0 aromatic heterocycles. The average molecular weight is 945 g/mol. The number of alkyl halides is 4. The highest BCUT2D eigenvalue weighted by molar-refractivity contribution is 6.30. The van der Waals surface area contributed by atoms with Crippen molar-refractivity contribution in [1.29, 1.82) is 0 Å². The van der Waals surface area contributed by atoms with Crippen molar-refractivity contribution in [3.63, 3.8) is 0 Å². The molecule has 20 heteroatoms. The number of nitrogens with one attached hydrogen (secondary N) is 3. The van der Waals surface area contributed by atoms with Gasteiger partial charge in [0.2, 0.25) is 41.0 Å². The molecule has 0 unspecified atom stereocenters. The summed E-state index contributed by atoms with van der Waals surface area (Å²) in [6.45, 7) is 8.20. The summed E-state index contributed by atoms with van der Waals surface area (Å²) in [4.78, 5) is 103. The molecule has 0 bridgehead atoms. The van der Waals surface area contributed by atoms with Crippen molar-refractivity contribution < 1.29 is 56.2 Å². The largest absolute Gasteiger partial charge is 0.426 e. The summed E-state index contributed by atoms with van der Waals surface area (Å²) in [5.74, 6) is -6.20. The number of amides is 7. The highest BCUT2D eigenvalue weighted by Gasteiger charge is 2.59. The Morgan fingerprint density at radius 2 is 1.65 bits per heavy atom. The molecule has 1 aliphatic carbocycles. The number of carbonyl (C=O) groups is 7. The smallest absolute Gasteiger partial charge is 0.373 e. The van der Waals surface area contributed by atoms with Gasteiger partial charge in [-0.15, -0.1) is 0 Å². The minimum absolute atomic E-state index is 0.0226. The Morgan fingerprint density at radius 3 is 2.23 bits per heavy atom. The van der Waals surface area contributed by atoms with Gasteiger partial charge >= 0.3 is 6.18 Å². The molecule has 8 atom stereocenters. The van der Waals surface area contributed by atoms with Crippen LogP contribution in [0.25, 0.3) is 0 Å². The summed E-state index contributed by atoms with van der Waals surface area (Å²) in [6.07, 6.45) is -4.77. The Hall–Kier alpha value is -4.52. The first-order chi connectivity index (χ1) is 30.3. The number of rotatable bonds is 12. The van der Waals surface area contributed by atoms with Crippen LogP contribution in [0.2, 0.25) is 5.02 Å². The van der Waals surface area contributed by atoms with E-state index >= 15 is 0 Å². The number of hydrogen-bond donors (Lipinski definition) is 4. The SMILES string of the molecule is CCN(C(=O)[C@H](CC1CCC1)NC(=O)[C@@H]1C[C@@H](F)CN1C(=O)[C@@](C)(O)C(F)(F)F)[C@H]1CCCCN(C)C(=O)[C@@H](C)NC(=O)[C@H](Cc2cc(Cl)ccc2C)N(C)C(=O)[C@H](CC(C)C)NC1=O. The van der Waals surface area contributed by atoms with E-state index in [-0.39, 0.29) is 57.5 Å². The third-order valence-electron chi connectivity index (χ3n) is 13.0. The van der Waals surface area contributed by atoms with E-state index in [9.17, 15) is 56.2 Å². The topological polar surface area (TPSA) is 189 Å². The van der Waals surface area contributed by atoms with Crippen molar-refractivity contribution in [3.05, 3.63) is 34.3 Å². The fraction of sp³-hybridized carbons (Fsp3) is 0.711. The van der Waals surface area contributed by atoms with Gasteiger partial charge in [-0.2, -0.15) is 13.2 Å². The van der Waals surface area contributed by atoms with Crippen LogP contribution < -0.4 is 16.0 Å².